The van der Waals surface area contributed by atoms with Gasteiger partial charge in [0.15, 0.2) is 5.60 Å². The van der Waals surface area contributed by atoms with Crippen molar-refractivity contribution in [3.63, 3.8) is 0 Å². The average Bonchev–Trinajstić information content (AvgIpc) is 3.03. The summed E-state index contributed by atoms with van der Waals surface area (Å²) in [5, 5.41) is 19.6. The number of nitrogen functional groups attached to an aromatic ring is 1. The van der Waals surface area contributed by atoms with Crippen LogP contribution in [-0.4, -0.2) is 38.3 Å². The first-order valence-electron chi connectivity index (χ1n) is 8.68. The van der Waals surface area contributed by atoms with Crippen LogP contribution in [0.5, 0.6) is 11.5 Å². The Balaban J connectivity index is 1.72. The molecule has 8 nitrogen and oxygen atoms in total. The van der Waals surface area contributed by atoms with E-state index in [0.717, 1.165) is 22.3 Å². The van der Waals surface area contributed by atoms with Crippen molar-refractivity contribution in [2.24, 2.45) is 0 Å². The van der Waals surface area contributed by atoms with E-state index < -0.39 is 5.60 Å². The van der Waals surface area contributed by atoms with Crippen molar-refractivity contribution in [3.05, 3.63) is 28.1 Å². The fraction of sp³-hybridized carbons (Fsp3) is 0.500. The lowest BCUT2D eigenvalue weighted by molar-refractivity contribution is -0.136. The number of rotatable bonds is 4. The van der Waals surface area contributed by atoms with Gasteiger partial charge in [0.1, 0.15) is 17.3 Å². The van der Waals surface area contributed by atoms with E-state index in [1.165, 1.54) is 0 Å². The largest absolute Gasteiger partial charge is 0.507 e. The molecule has 0 unspecified atom stereocenters. The summed E-state index contributed by atoms with van der Waals surface area (Å²) in [7, 11) is 0. The molecule has 0 aliphatic carbocycles. The van der Waals surface area contributed by atoms with E-state index in [9.17, 15) is 9.90 Å². The summed E-state index contributed by atoms with van der Waals surface area (Å²) in [6, 6.07) is 0. The average molecular weight is 359 g/mol. The molecule has 0 bridgehead atoms. The van der Waals surface area contributed by atoms with E-state index in [0.29, 0.717) is 43.1 Å². The Morgan fingerprint density at radius 2 is 2.08 bits per heavy atom. The summed E-state index contributed by atoms with van der Waals surface area (Å²) in [5.74, 6) is 1.67. The standard InChI is InChI=1S/C18H25N5O3/c1-9-10(2)15-12(11(3)14(9)24)5-7-18(4,26-15)16(25)20-8-6-13-21-17(19)23-22-13/h24H,5-8H2,1-4H3,(H,20,25)(H3,19,21,22,23)/t18-/m0/s1. The molecule has 0 fully saturated rings. The number of aromatic hydroxyl groups is 1. The van der Waals surface area contributed by atoms with Gasteiger partial charge >= 0.3 is 0 Å². The zero-order valence-electron chi connectivity index (χ0n) is 15.6. The molecule has 140 valence electrons. The summed E-state index contributed by atoms with van der Waals surface area (Å²) in [6.07, 6.45) is 1.73. The molecule has 1 atom stereocenters. The Bertz CT molecular complexity index is 861. The summed E-state index contributed by atoms with van der Waals surface area (Å²) in [5.41, 5.74) is 7.98. The second-order valence-electron chi connectivity index (χ2n) is 7.01. The number of amides is 1. The van der Waals surface area contributed by atoms with Crippen molar-refractivity contribution in [2.75, 3.05) is 12.3 Å². The molecule has 1 aliphatic rings. The van der Waals surface area contributed by atoms with Gasteiger partial charge in [-0.05, 0) is 50.8 Å². The fourth-order valence-corrected chi connectivity index (χ4v) is 3.31. The van der Waals surface area contributed by atoms with Gasteiger partial charge in [-0.15, -0.1) is 5.10 Å². The second-order valence-corrected chi connectivity index (χ2v) is 7.01. The molecule has 2 aromatic rings. The van der Waals surface area contributed by atoms with E-state index in [4.69, 9.17) is 10.5 Å². The summed E-state index contributed by atoms with van der Waals surface area (Å²) >= 11 is 0. The summed E-state index contributed by atoms with van der Waals surface area (Å²) in [4.78, 5) is 16.7. The number of phenols is 1. The zero-order chi connectivity index (χ0) is 19.1. The fourth-order valence-electron chi connectivity index (χ4n) is 3.31. The van der Waals surface area contributed by atoms with E-state index >= 15 is 0 Å². The number of nitrogens with zero attached hydrogens (tertiary/aromatic N) is 2. The molecule has 0 saturated carbocycles. The number of nitrogens with one attached hydrogen (secondary N) is 2. The van der Waals surface area contributed by atoms with E-state index in [2.05, 4.69) is 20.5 Å². The number of phenolic OH excluding ortho intramolecular Hbond substituents is 1. The monoisotopic (exact) mass is 359 g/mol. The molecule has 0 saturated heterocycles. The molecule has 1 aliphatic heterocycles. The maximum Gasteiger partial charge on any atom is 0.263 e. The molecule has 26 heavy (non-hydrogen) atoms. The molecule has 1 aromatic heterocycles. The number of nitrogens with two attached hydrogens (primary N) is 1. The van der Waals surface area contributed by atoms with Gasteiger partial charge in [0, 0.05) is 24.9 Å². The van der Waals surface area contributed by atoms with Gasteiger partial charge in [0.05, 0.1) is 0 Å². The van der Waals surface area contributed by atoms with Crippen molar-refractivity contribution in [1.29, 1.82) is 0 Å². The van der Waals surface area contributed by atoms with Crippen LogP contribution in [0.1, 0.15) is 41.4 Å². The predicted molar refractivity (Wildman–Crippen MR) is 97.2 cm³/mol. The second kappa shape index (κ2) is 6.51. The first-order chi connectivity index (χ1) is 12.2. The van der Waals surface area contributed by atoms with Crippen LogP contribution in [-0.2, 0) is 17.6 Å². The van der Waals surface area contributed by atoms with Crippen LogP contribution in [0.4, 0.5) is 5.95 Å². The van der Waals surface area contributed by atoms with Crippen molar-refractivity contribution in [3.8, 4) is 11.5 Å². The maximum atomic E-state index is 12.7. The minimum atomic E-state index is -0.950. The number of ether oxygens (including phenoxy) is 1. The van der Waals surface area contributed by atoms with Crippen LogP contribution >= 0.6 is 0 Å². The quantitative estimate of drug-likeness (QED) is 0.655. The molecule has 2 heterocycles. The molecule has 5 N–H and O–H groups in total. The number of benzene rings is 1. The lowest BCUT2D eigenvalue weighted by Gasteiger charge is -2.36. The Morgan fingerprint density at radius 3 is 2.73 bits per heavy atom. The number of hydrogen-bond donors (Lipinski definition) is 4. The molecule has 0 spiro atoms. The lowest BCUT2D eigenvalue weighted by Crippen LogP contribution is -2.51. The SMILES string of the molecule is Cc1c(C)c2c(c(C)c1O)CC[C@@](C)(C(=O)NCCc1nc(N)n[nH]1)O2. The number of H-pyrrole nitrogens is 1. The third-order valence-electron chi connectivity index (χ3n) is 5.20. The van der Waals surface area contributed by atoms with Gasteiger partial charge in [-0.1, -0.05) is 0 Å². The van der Waals surface area contributed by atoms with Crippen LogP contribution in [0.3, 0.4) is 0 Å². The highest BCUT2D eigenvalue weighted by Gasteiger charge is 2.40. The Labute approximate surface area is 152 Å². The van der Waals surface area contributed by atoms with E-state index in [1.54, 1.807) is 6.92 Å². The topological polar surface area (TPSA) is 126 Å². The third kappa shape index (κ3) is 3.07. The zero-order valence-corrected chi connectivity index (χ0v) is 15.6. The van der Waals surface area contributed by atoms with Crippen LogP contribution in [0.15, 0.2) is 0 Å². The highest BCUT2D eigenvalue weighted by molar-refractivity contribution is 5.85. The van der Waals surface area contributed by atoms with E-state index in [-0.39, 0.29) is 11.9 Å². The van der Waals surface area contributed by atoms with Gasteiger partial charge in [0.25, 0.3) is 5.91 Å². The molecule has 0 radical (unpaired) electrons. The first kappa shape index (κ1) is 18.0. The number of aromatic amines is 1. The Hall–Kier alpha value is -2.77. The van der Waals surface area contributed by atoms with Crippen molar-refractivity contribution >= 4 is 11.9 Å². The number of fused-ring (bicyclic) bond motifs is 1. The van der Waals surface area contributed by atoms with Crippen molar-refractivity contribution in [2.45, 2.75) is 52.6 Å². The van der Waals surface area contributed by atoms with Crippen LogP contribution in [0.25, 0.3) is 0 Å². The molecular formula is C18H25N5O3. The molecule has 8 heteroatoms. The molecule has 3 rings (SSSR count). The summed E-state index contributed by atoms with van der Waals surface area (Å²) < 4.78 is 6.16. The van der Waals surface area contributed by atoms with Gasteiger partial charge < -0.3 is 20.9 Å². The third-order valence-corrected chi connectivity index (χ3v) is 5.20. The van der Waals surface area contributed by atoms with Crippen molar-refractivity contribution < 1.29 is 14.6 Å². The van der Waals surface area contributed by atoms with Crippen molar-refractivity contribution in [1.82, 2.24) is 20.5 Å². The Morgan fingerprint density at radius 1 is 1.35 bits per heavy atom. The van der Waals surface area contributed by atoms with E-state index in [1.807, 2.05) is 20.8 Å². The predicted octanol–water partition coefficient (Wildman–Crippen LogP) is 1.46. The minimum absolute atomic E-state index is 0.168. The van der Waals surface area contributed by atoms with Crippen LogP contribution in [0, 0.1) is 20.8 Å². The number of hydrogen-bond acceptors (Lipinski definition) is 6. The lowest BCUT2D eigenvalue weighted by atomic mass is 9.86. The number of carbonyl (C=O) groups is 1. The molecular weight excluding hydrogens is 334 g/mol. The van der Waals surface area contributed by atoms with Gasteiger partial charge in [-0.3, -0.25) is 9.89 Å². The van der Waals surface area contributed by atoms with Gasteiger partial charge in [-0.2, -0.15) is 4.98 Å². The molecule has 1 amide bonds. The molecule has 1 aromatic carbocycles. The smallest absolute Gasteiger partial charge is 0.263 e. The van der Waals surface area contributed by atoms with Crippen LogP contribution < -0.4 is 15.8 Å². The number of carbonyl (C=O) groups excluding carboxylic acids is 1. The van der Waals surface area contributed by atoms with Gasteiger partial charge in [-0.25, -0.2) is 0 Å². The minimum Gasteiger partial charge on any atom is -0.507 e. The highest BCUT2D eigenvalue weighted by Crippen LogP contribution is 2.43. The maximum absolute atomic E-state index is 12.7. The normalized spacial score (nSPS) is 18.9. The first-order valence-corrected chi connectivity index (χ1v) is 8.68. The number of aromatic nitrogens is 3. The highest BCUT2D eigenvalue weighted by atomic mass is 16.5. The number of anilines is 1. The van der Waals surface area contributed by atoms with Gasteiger partial charge in [0.2, 0.25) is 5.95 Å². The summed E-state index contributed by atoms with van der Waals surface area (Å²) in [6.45, 7) is 7.86. The Kier molecular flexibility index (Phi) is 4.52. The van der Waals surface area contributed by atoms with Crippen LogP contribution in [0.2, 0.25) is 0 Å².